The highest BCUT2D eigenvalue weighted by molar-refractivity contribution is 6.05. The van der Waals surface area contributed by atoms with E-state index in [0.717, 1.165) is 28.3 Å². The molecule has 9 nitrogen and oxygen atoms in total. The summed E-state index contributed by atoms with van der Waals surface area (Å²) in [5, 5.41) is 9.39. The smallest absolute Gasteiger partial charge is 0.356 e. The van der Waals surface area contributed by atoms with Gasteiger partial charge in [0.2, 0.25) is 5.95 Å². The predicted octanol–water partition coefficient (Wildman–Crippen LogP) is 6.93. The minimum absolute atomic E-state index is 0.165. The van der Waals surface area contributed by atoms with Gasteiger partial charge in [0, 0.05) is 53.1 Å². The van der Waals surface area contributed by atoms with Crippen LogP contribution >= 0.6 is 0 Å². The Hall–Kier alpha value is -5.10. The summed E-state index contributed by atoms with van der Waals surface area (Å²) in [6.07, 6.45) is 2.37. The summed E-state index contributed by atoms with van der Waals surface area (Å²) in [5.41, 5.74) is 3.74. The molecule has 3 heterocycles. The third kappa shape index (κ3) is 7.09. The number of pyridine rings is 1. The second-order valence-corrected chi connectivity index (χ2v) is 10.6. The van der Waals surface area contributed by atoms with Gasteiger partial charge < -0.3 is 20.1 Å². The lowest BCUT2D eigenvalue weighted by Gasteiger charge is -2.17. The fourth-order valence-corrected chi connectivity index (χ4v) is 4.51. The zero-order valence-corrected chi connectivity index (χ0v) is 24.5. The first-order valence-electron chi connectivity index (χ1n) is 13.7. The monoisotopic (exact) mass is 601 g/mol. The van der Waals surface area contributed by atoms with Crippen molar-refractivity contribution < 1.29 is 22.5 Å². The zero-order valence-electron chi connectivity index (χ0n) is 24.5. The Morgan fingerprint density at radius 3 is 2.45 bits per heavy atom. The van der Waals surface area contributed by atoms with Crippen molar-refractivity contribution in [1.29, 1.82) is 0 Å². The minimum atomic E-state index is -4.64. The van der Waals surface area contributed by atoms with E-state index >= 15 is 0 Å². The van der Waals surface area contributed by atoms with Crippen LogP contribution < -0.4 is 10.6 Å². The molecule has 0 aliphatic carbocycles. The number of nitrogens with one attached hydrogen (secondary N) is 2. The zero-order chi connectivity index (χ0) is 31.4. The topological polar surface area (TPSA) is 109 Å². The molecule has 0 fully saturated rings. The Kier molecular flexibility index (Phi) is 8.72. The Bertz CT molecular complexity index is 1800. The summed E-state index contributed by atoms with van der Waals surface area (Å²) >= 11 is 0. The number of rotatable bonds is 9. The third-order valence-corrected chi connectivity index (χ3v) is 6.93. The number of alkyl halides is 3. The molecule has 0 aliphatic rings. The lowest BCUT2D eigenvalue weighted by molar-refractivity contribution is -0.137. The molecule has 0 saturated carbocycles. The average Bonchev–Trinajstić information content (AvgIpc) is 3.43. The minimum Gasteiger partial charge on any atom is -0.356 e. The molecule has 44 heavy (non-hydrogen) atoms. The van der Waals surface area contributed by atoms with Crippen molar-refractivity contribution in [2.75, 3.05) is 31.3 Å². The first-order chi connectivity index (χ1) is 21.0. The maximum absolute atomic E-state index is 13.9. The van der Waals surface area contributed by atoms with Crippen LogP contribution in [0, 0.1) is 13.8 Å². The second-order valence-electron chi connectivity index (χ2n) is 10.6. The standard InChI is InChI=1S/C32H30F3N7O2/c1-19-5-7-22(30(43)39-27-8-6-21(10-12-42(3)4)13-25(27)32(33,34)35)15-28(19)41-31-37-11-9-26(40-31)23-14-24(18-36-17-23)29-20(2)16-38-44-29/h5-9,11,13-18H,10,12H2,1-4H3,(H,39,43)(H,37,40,41). The molecule has 2 aromatic carbocycles. The van der Waals surface area contributed by atoms with E-state index in [-0.39, 0.29) is 17.2 Å². The lowest BCUT2D eigenvalue weighted by atomic mass is 10.0. The number of nitrogens with zero attached hydrogens (tertiary/aromatic N) is 5. The number of aromatic nitrogens is 4. The molecule has 2 N–H and O–H groups in total. The summed E-state index contributed by atoms with van der Waals surface area (Å²) in [6, 6.07) is 12.4. The Balaban J connectivity index is 1.36. The van der Waals surface area contributed by atoms with Crippen molar-refractivity contribution in [3.05, 3.63) is 101 Å². The second kappa shape index (κ2) is 12.6. The summed E-state index contributed by atoms with van der Waals surface area (Å²) in [7, 11) is 3.70. The SMILES string of the molecule is Cc1ccc(C(=O)Nc2ccc(CCN(C)C)cc2C(F)(F)F)cc1Nc1nccc(-c2cncc(-c3oncc3C)c2)n1. The largest absolute Gasteiger partial charge is 0.418 e. The van der Waals surface area contributed by atoms with Gasteiger partial charge in [-0.15, -0.1) is 0 Å². The van der Waals surface area contributed by atoms with E-state index in [1.807, 2.05) is 38.9 Å². The molecule has 5 aromatic rings. The number of carbonyl (C=O) groups excluding carboxylic acids is 1. The number of aryl methyl sites for hydroxylation is 2. The van der Waals surface area contributed by atoms with Crippen LogP contribution in [0.25, 0.3) is 22.6 Å². The Labute approximate surface area is 252 Å². The summed E-state index contributed by atoms with van der Waals surface area (Å²) in [5.74, 6) is 0.192. The summed E-state index contributed by atoms with van der Waals surface area (Å²) in [4.78, 5) is 28.2. The molecular weight excluding hydrogens is 571 g/mol. The van der Waals surface area contributed by atoms with Gasteiger partial charge in [0.05, 0.1) is 23.1 Å². The van der Waals surface area contributed by atoms with Crippen LogP contribution in [0.3, 0.4) is 0 Å². The van der Waals surface area contributed by atoms with Gasteiger partial charge in [-0.1, -0.05) is 17.3 Å². The number of hydrogen-bond acceptors (Lipinski definition) is 8. The van der Waals surface area contributed by atoms with Crippen molar-refractivity contribution in [3.8, 4) is 22.6 Å². The van der Waals surface area contributed by atoms with E-state index in [0.29, 0.717) is 35.7 Å². The van der Waals surface area contributed by atoms with Crippen molar-refractivity contribution in [2.24, 2.45) is 0 Å². The number of amides is 1. The maximum atomic E-state index is 13.9. The number of halogens is 3. The summed E-state index contributed by atoms with van der Waals surface area (Å²) in [6.45, 7) is 4.32. The summed E-state index contributed by atoms with van der Waals surface area (Å²) < 4.78 is 47.1. The molecule has 0 bridgehead atoms. The third-order valence-electron chi connectivity index (χ3n) is 6.93. The molecule has 0 spiro atoms. The van der Waals surface area contributed by atoms with Crippen LogP contribution in [0.4, 0.5) is 30.5 Å². The predicted molar refractivity (Wildman–Crippen MR) is 162 cm³/mol. The van der Waals surface area contributed by atoms with Gasteiger partial charge in [-0.05, 0) is 81.9 Å². The quantitative estimate of drug-likeness (QED) is 0.187. The van der Waals surface area contributed by atoms with Gasteiger partial charge in [0.25, 0.3) is 5.91 Å². The van der Waals surface area contributed by atoms with Crippen molar-refractivity contribution in [3.63, 3.8) is 0 Å². The highest BCUT2D eigenvalue weighted by Crippen LogP contribution is 2.36. The first-order valence-corrected chi connectivity index (χ1v) is 13.7. The average molecular weight is 602 g/mol. The van der Waals surface area contributed by atoms with E-state index in [1.54, 1.807) is 55.1 Å². The van der Waals surface area contributed by atoms with E-state index in [4.69, 9.17) is 4.52 Å². The highest BCUT2D eigenvalue weighted by atomic mass is 19.4. The Morgan fingerprint density at radius 1 is 0.932 bits per heavy atom. The van der Waals surface area contributed by atoms with E-state index < -0.39 is 17.6 Å². The van der Waals surface area contributed by atoms with Crippen LogP contribution in [-0.2, 0) is 12.6 Å². The highest BCUT2D eigenvalue weighted by Gasteiger charge is 2.34. The molecule has 0 radical (unpaired) electrons. The van der Waals surface area contributed by atoms with E-state index in [1.165, 1.54) is 6.07 Å². The molecule has 1 amide bonds. The van der Waals surface area contributed by atoms with Crippen molar-refractivity contribution in [2.45, 2.75) is 26.4 Å². The molecule has 3 aromatic heterocycles. The van der Waals surface area contributed by atoms with Crippen molar-refractivity contribution >= 4 is 23.2 Å². The number of benzene rings is 2. The van der Waals surface area contributed by atoms with Crippen LogP contribution in [0.5, 0.6) is 0 Å². The van der Waals surface area contributed by atoms with Gasteiger partial charge in [-0.2, -0.15) is 13.2 Å². The molecule has 5 rings (SSSR count). The molecule has 0 unspecified atom stereocenters. The van der Waals surface area contributed by atoms with Crippen LogP contribution in [-0.4, -0.2) is 51.6 Å². The number of hydrogen-bond donors (Lipinski definition) is 2. The molecular formula is C32H30F3N7O2. The van der Waals surface area contributed by atoms with Gasteiger partial charge >= 0.3 is 6.18 Å². The lowest BCUT2D eigenvalue weighted by Crippen LogP contribution is -2.18. The molecule has 12 heteroatoms. The van der Waals surface area contributed by atoms with Crippen LogP contribution in [0.1, 0.15) is 32.6 Å². The number of likely N-dealkylation sites (N-methyl/N-ethyl adjacent to an activating group) is 1. The van der Waals surface area contributed by atoms with Gasteiger partial charge in [-0.3, -0.25) is 9.78 Å². The fraction of sp³-hybridized carbons (Fsp3) is 0.219. The number of carbonyl (C=O) groups is 1. The molecule has 0 aliphatic heterocycles. The maximum Gasteiger partial charge on any atom is 0.418 e. The molecule has 0 atom stereocenters. The fourth-order valence-electron chi connectivity index (χ4n) is 4.51. The molecule has 226 valence electrons. The number of anilines is 3. The van der Waals surface area contributed by atoms with Gasteiger partial charge in [0.15, 0.2) is 5.76 Å². The van der Waals surface area contributed by atoms with E-state index in [9.17, 15) is 18.0 Å². The first kappa shape index (κ1) is 30.4. The van der Waals surface area contributed by atoms with Gasteiger partial charge in [-0.25, -0.2) is 9.97 Å². The Morgan fingerprint density at radius 2 is 1.73 bits per heavy atom. The van der Waals surface area contributed by atoms with Crippen LogP contribution in [0.15, 0.2) is 77.8 Å². The van der Waals surface area contributed by atoms with Crippen LogP contribution in [0.2, 0.25) is 0 Å². The normalized spacial score (nSPS) is 11.5. The van der Waals surface area contributed by atoms with Crippen molar-refractivity contribution in [1.82, 2.24) is 25.0 Å². The van der Waals surface area contributed by atoms with E-state index in [2.05, 4.69) is 30.7 Å². The van der Waals surface area contributed by atoms with Gasteiger partial charge in [0.1, 0.15) is 0 Å². The molecule has 0 saturated heterocycles.